The zero-order valence-corrected chi connectivity index (χ0v) is 11.3. The van der Waals surface area contributed by atoms with E-state index in [-0.39, 0.29) is 11.7 Å². The molecule has 0 aliphatic heterocycles. The fraction of sp³-hybridized carbons (Fsp3) is 0.0667. The lowest BCUT2D eigenvalue weighted by molar-refractivity contribution is -0.114. The van der Waals surface area contributed by atoms with Crippen LogP contribution in [-0.4, -0.2) is 27.1 Å². The summed E-state index contributed by atoms with van der Waals surface area (Å²) in [5.74, 6) is -0.447. The number of amides is 1. The Morgan fingerprint density at radius 2 is 1.81 bits per heavy atom. The lowest BCUT2D eigenvalue weighted by atomic mass is 10.0. The molecule has 0 saturated carbocycles. The number of aromatic nitrogens is 3. The minimum Gasteiger partial charge on any atom is -0.324 e. The van der Waals surface area contributed by atoms with Gasteiger partial charge in [0.2, 0.25) is 5.91 Å². The first kappa shape index (κ1) is 13.0. The highest BCUT2D eigenvalue weighted by atomic mass is 16.1. The predicted molar refractivity (Wildman–Crippen MR) is 78.1 cm³/mol. The molecule has 6 nitrogen and oxygen atoms in total. The maximum atomic E-state index is 12.6. The molecule has 0 atom stereocenters. The number of fused-ring (bicyclic) bond motifs is 1. The maximum absolute atomic E-state index is 12.6. The molecule has 1 aromatic heterocycles. The molecule has 1 amide bonds. The molecule has 1 heterocycles. The molecule has 0 saturated heterocycles. The van der Waals surface area contributed by atoms with Crippen LogP contribution >= 0.6 is 0 Å². The number of ketones is 1. The number of nitrogens with zero attached hydrogens (tertiary/aromatic N) is 2. The molecule has 2 N–H and O–H groups in total. The number of aromatic amines is 1. The summed E-state index contributed by atoms with van der Waals surface area (Å²) < 4.78 is 0. The Balaban J connectivity index is 2.17. The first-order valence-corrected chi connectivity index (χ1v) is 6.37. The third-order valence-corrected chi connectivity index (χ3v) is 3.07. The minimum atomic E-state index is -0.271. The van der Waals surface area contributed by atoms with Gasteiger partial charge in [-0.1, -0.05) is 30.3 Å². The molecule has 6 heteroatoms. The van der Waals surface area contributed by atoms with E-state index in [9.17, 15) is 9.59 Å². The Kier molecular flexibility index (Phi) is 3.19. The van der Waals surface area contributed by atoms with E-state index in [0.717, 1.165) is 0 Å². The van der Waals surface area contributed by atoms with E-state index in [2.05, 4.69) is 20.7 Å². The molecular formula is C15H12N4O2. The molecule has 0 aliphatic rings. The highest BCUT2D eigenvalue weighted by Gasteiger charge is 2.18. The van der Waals surface area contributed by atoms with Gasteiger partial charge in [0.1, 0.15) is 11.0 Å². The standard InChI is InChI=1S/C15H12N4O2/c1-9(20)16-13-11(7-8-12-14(13)18-19-17-12)15(21)10-5-3-2-4-6-10/h2-8H,1H3,(H,16,20)(H,17,18,19). The van der Waals surface area contributed by atoms with Crippen molar-refractivity contribution in [2.24, 2.45) is 0 Å². The number of hydrogen-bond acceptors (Lipinski definition) is 4. The number of H-pyrrole nitrogens is 1. The molecule has 0 spiro atoms. The Bertz CT molecular complexity index is 824. The van der Waals surface area contributed by atoms with E-state index in [1.807, 2.05) is 6.07 Å². The Morgan fingerprint density at radius 3 is 2.52 bits per heavy atom. The lowest BCUT2D eigenvalue weighted by Crippen LogP contribution is -2.12. The quantitative estimate of drug-likeness (QED) is 0.719. The molecular weight excluding hydrogens is 268 g/mol. The van der Waals surface area contributed by atoms with E-state index >= 15 is 0 Å². The van der Waals surface area contributed by atoms with Crippen LogP contribution in [0.3, 0.4) is 0 Å². The molecule has 21 heavy (non-hydrogen) atoms. The second kappa shape index (κ2) is 5.16. The van der Waals surface area contributed by atoms with Crippen molar-refractivity contribution >= 4 is 28.4 Å². The maximum Gasteiger partial charge on any atom is 0.221 e. The molecule has 0 unspecified atom stereocenters. The molecule has 3 rings (SSSR count). The van der Waals surface area contributed by atoms with Crippen molar-refractivity contribution in [1.29, 1.82) is 0 Å². The van der Waals surface area contributed by atoms with Crippen LogP contribution in [0.15, 0.2) is 42.5 Å². The van der Waals surface area contributed by atoms with Crippen LogP contribution in [0.1, 0.15) is 22.8 Å². The van der Waals surface area contributed by atoms with Gasteiger partial charge in [-0.05, 0) is 12.1 Å². The summed E-state index contributed by atoms with van der Waals surface area (Å²) >= 11 is 0. The fourth-order valence-corrected chi connectivity index (χ4v) is 2.15. The number of anilines is 1. The van der Waals surface area contributed by atoms with E-state index < -0.39 is 0 Å². The molecule has 0 bridgehead atoms. The Hall–Kier alpha value is -3.02. The van der Waals surface area contributed by atoms with Crippen molar-refractivity contribution in [3.63, 3.8) is 0 Å². The van der Waals surface area contributed by atoms with Crippen molar-refractivity contribution in [1.82, 2.24) is 15.4 Å². The van der Waals surface area contributed by atoms with E-state index in [0.29, 0.717) is 27.8 Å². The normalized spacial score (nSPS) is 10.5. The summed E-state index contributed by atoms with van der Waals surface area (Å²) in [6.45, 7) is 1.38. The first-order valence-electron chi connectivity index (χ1n) is 6.37. The molecule has 2 aromatic carbocycles. The largest absolute Gasteiger partial charge is 0.324 e. The number of hydrogen-bond donors (Lipinski definition) is 2. The van der Waals surface area contributed by atoms with E-state index in [4.69, 9.17) is 0 Å². The van der Waals surface area contributed by atoms with Crippen molar-refractivity contribution in [3.8, 4) is 0 Å². The average molecular weight is 280 g/mol. The van der Waals surface area contributed by atoms with E-state index in [1.165, 1.54) is 6.92 Å². The summed E-state index contributed by atoms with van der Waals surface area (Å²) in [6, 6.07) is 12.2. The lowest BCUT2D eigenvalue weighted by Gasteiger charge is -2.09. The number of benzene rings is 2. The summed E-state index contributed by atoms with van der Waals surface area (Å²) in [4.78, 5) is 24.0. The number of rotatable bonds is 3. The van der Waals surface area contributed by atoms with Crippen molar-refractivity contribution in [2.75, 3.05) is 5.32 Å². The topological polar surface area (TPSA) is 87.7 Å². The van der Waals surface area contributed by atoms with Gasteiger partial charge in [-0.3, -0.25) is 9.59 Å². The van der Waals surface area contributed by atoms with Crippen LogP contribution in [0.2, 0.25) is 0 Å². The fourth-order valence-electron chi connectivity index (χ4n) is 2.15. The second-order valence-electron chi connectivity index (χ2n) is 4.56. The molecule has 3 aromatic rings. The van der Waals surface area contributed by atoms with Crippen LogP contribution in [0, 0.1) is 0 Å². The van der Waals surface area contributed by atoms with Gasteiger partial charge in [-0.15, -0.1) is 0 Å². The van der Waals surface area contributed by atoms with Crippen LogP contribution in [-0.2, 0) is 4.79 Å². The summed E-state index contributed by atoms with van der Waals surface area (Å²) in [5.41, 5.74) is 2.36. The van der Waals surface area contributed by atoms with Crippen molar-refractivity contribution in [2.45, 2.75) is 6.92 Å². The number of nitrogens with one attached hydrogen (secondary N) is 2. The molecule has 0 fully saturated rings. The molecule has 0 radical (unpaired) electrons. The number of carbonyl (C=O) groups excluding carboxylic acids is 2. The van der Waals surface area contributed by atoms with Crippen LogP contribution in [0.4, 0.5) is 5.69 Å². The zero-order valence-electron chi connectivity index (χ0n) is 11.3. The third-order valence-electron chi connectivity index (χ3n) is 3.07. The first-order chi connectivity index (χ1) is 10.2. The van der Waals surface area contributed by atoms with Gasteiger partial charge in [0.15, 0.2) is 5.78 Å². The van der Waals surface area contributed by atoms with Crippen LogP contribution in [0.25, 0.3) is 11.0 Å². The van der Waals surface area contributed by atoms with Gasteiger partial charge in [0.05, 0.1) is 5.69 Å². The Morgan fingerprint density at radius 1 is 1.05 bits per heavy atom. The SMILES string of the molecule is CC(=O)Nc1c(C(=O)c2ccccc2)ccc2n[nH]nc12. The highest BCUT2D eigenvalue weighted by Crippen LogP contribution is 2.26. The summed E-state index contributed by atoms with van der Waals surface area (Å²) in [6.07, 6.45) is 0. The third kappa shape index (κ3) is 2.38. The molecule has 0 aliphatic carbocycles. The average Bonchev–Trinajstić information content (AvgIpc) is 2.96. The summed E-state index contributed by atoms with van der Waals surface area (Å²) in [5, 5.41) is 13.1. The minimum absolute atomic E-state index is 0.177. The second-order valence-corrected chi connectivity index (χ2v) is 4.56. The van der Waals surface area contributed by atoms with Crippen molar-refractivity contribution < 1.29 is 9.59 Å². The van der Waals surface area contributed by atoms with Crippen LogP contribution in [0.5, 0.6) is 0 Å². The smallest absolute Gasteiger partial charge is 0.221 e. The highest BCUT2D eigenvalue weighted by molar-refractivity contribution is 6.17. The van der Waals surface area contributed by atoms with Gasteiger partial charge in [0.25, 0.3) is 0 Å². The van der Waals surface area contributed by atoms with Gasteiger partial charge in [0, 0.05) is 18.1 Å². The van der Waals surface area contributed by atoms with Crippen LogP contribution < -0.4 is 5.32 Å². The van der Waals surface area contributed by atoms with E-state index in [1.54, 1.807) is 36.4 Å². The Labute approximate surface area is 120 Å². The zero-order chi connectivity index (χ0) is 14.8. The van der Waals surface area contributed by atoms with Crippen molar-refractivity contribution in [3.05, 3.63) is 53.6 Å². The van der Waals surface area contributed by atoms with Gasteiger partial charge in [-0.25, -0.2) is 0 Å². The van der Waals surface area contributed by atoms with Gasteiger partial charge >= 0.3 is 0 Å². The van der Waals surface area contributed by atoms with Gasteiger partial charge in [-0.2, -0.15) is 15.4 Å². The monoisotopic (exact) mass is 280 g/mol. The predicted octanol–water partition coefficient (Wildman–Crippen LogP) is 2.15. The summed E-state index contributed by atoms with van der Waals surface area (Å²) in [7, 11) is 0. The molecule has 104 valence electrons. The van der Waals surface area contributed by atoms with Gasteiger partial charge < -0.3 is 5.32 Å². The number of carbonyl (C=O) groups is 2.